The largest absolute Gasteiger partial charge is 0.486 e. The van der Waals surface area contributed by atoms with E-state index in [9.17, 15) is 5.11 Å². The highest BCUT2D eigenvalue weighted by molar-refractivity contribution is 5.47. The molecule has 0 aliphatic carbocycles. The van der Waals surface area contributed by atoms with Gasteiger partial charge in [-0.3, -0.25) is 0 Å². The summed E-state index contributed by atoms with van der Waals surface area (Å²) in [6.07, 6.45) is 0. The summed E-state index contributed by atoms with van der Waals surface area (Å²) in [6.45, 7) is 2.67. The van der Waals surface area contributed by atoms with Gasteiger partial charge in [-0.05, 0) is 17.2 Å². The van der Waals surface area contributed by atoms with E-state index in [-0.39, 0.29) is 6.61 Å². The Hall–Kier alpha value is -2.04. The fourth-order valence-electron chi connectivity index (χ4n) is 2.49. The highest BCUT2D eigenvalue weighted by atomic mass is 16.6. The number of nitrogens with one attached hydrogen (secondary N) is 1. The predicted molar refractivity (Wildman–Crippen MR) is 80.3 cm³/mol. The second kappa shape index (κ2) is 6.61. The lowest BCUT2D eigenvalue weighted by Crippen LogP contribution is -2.19. The van der Waals surface area contributed by atoms with Crippen LogP contribution in [-0.4, -0.2) is 18.3 Å². The van der Waals surface area contributed by atoms with E-state index in [4.69, 9.17) is 9.47 Å². The zero-order valence-electron chi connectivity index (χ0n) is 11.8. The molecule has 0 radical (unpaired) electrons. The Morgan fingerprint density at radius 1 is 0.857 bits per heavy atom. The number of ether oxygens (including phenoxy) is 2. The Bertz CT molecular complexity index is 613. The highest BCUT2D eigenvalue weighted by Gasteiger charge is 2.15. The molecule has 0 fully saturated rings. The number of aliphatic hydroxyl groups is 1. The molecule has 21 heavy (non-hydrogen) atoms. The van der Waals surface area contributed by atoms with Crippen LogP contribution in [0.5, 0.6) is 11.5 Å². The van der Waals surface area contributed by atoms with Crippen molar-refractivity contribution in [2.24, 2.45) is 0 Å². The summed E-state index contributed by atoms with van der Waals surface area (Å²) in [5, 5.41) is 12.7. The zero-order chi connectivity index (χ0) is 14.5. The Kier molecular flexibility index (Phi) is 4.38. The minimum absolute atomic E-state index is 0.0650. The van der Waals surface area contributed by atoms with Crippen LogP contribution in [0.3, 0.4) is 0 Å². The molecule has 4 heteroatoms. The molecule has 2 aromatic rings. The van der Waals surface area contributed by atoms with Crippen LogP contribution < -0.4 is 14.8 Å². The molecule has 110 valence electrons. The molecule has 1 aliphatic rings. The summed E-state index contributed by atoms with van der Waals surface area (Å²) >= 11 is 0. The van der Waals surface area contributed by atoms with Gasteiger partial charge in [0.1, 0.15) is 13.2 Å². The molecule has 0 atom stereocenters. The molecular weight excluding hydrogens is 266 g/mol. The van der Waals surface area contributed by atoms with E-state index in [1.54, 1.807) is 0 Å². The van der Waals surface area contributed by atoms with Gasteiger partial charge < -0.3 is 19.9 Å². The van der Waals surface area contributed by atoms with E-state index in [1.807, 2.05) is 42.5 Å². The summed E-state index contributed by atoms with van der Waals surface area (Å²) in [5.41, 5.74) is 3.16. The van der Waals surface area contributed by atoms with Crippen LogP contribution in [0.25, 0.3) is 0 Å². The van der Waals surface area contributed by atoms with Gasteiger partial charge in [0.15, 0.2) is 11.5 Å². The van der Waals surface area contributed by atoms with E-state index >= 15 is 0 Å². The van der Waals surface area contributed by atoms with Gasteiger partial charge in [-0.25, -0.2) is 0 Å². The Morgan fingerprint density at radius 3 is 2.43 bits per heavy atom. The van der Waals surface area contributed by atoms with Gasteiger partial charge in [0.25, 0.3) is 0 Å². The van der Waals surface area contributed by atoms with Crippen LogP contribution in [0.2, 0.25) is 0 Å². The molecule has 1 aliphatic heterocycles. The van der Waals surface area contributed by atoms with Gasteiger partial charge in [-0.2, -0.15) is 0 Å². The molecule has 0 saturated carbocycles. The number of rotatable bonds is 5. The van der Waals surface area contributed by atoms with Crippen molar-refractivity contribution in [1.29, 1.82) is 0 Å². The van der Waals surface area contributed by atoms with Crippen LogP contribution >= 0.6 is 0 Å². The maximum atomic E-state index is 9.33. The molecule has 3 rings (SSSR count). The monoisotopic (exact) mass is 285 g/mol. The molecule has 0 amide bonds. The topological polar surface area (TPSA) is 50.7 Å². The van der Waals surface area contributed by atoms with Crippen molar-refractivity contribution in [2.45, 2.75) is 19.7 Å². The Balaban J connectivity index is 1.66. The summed E-state index contributed by atoms with van der Waals surface area (Å²) in [6, 6.07) is 13.8. The highest BCUT2D eigenvalue weighted by Crippen LogP contribution is 2.33. The second-order valence-corrected chi connectivity index (χ2v) is 4.97. The molecule has 0 unspecified atom stereocenters. The third-order valence-corrected chi connectivity index (χ3v) is 3.57. The average Bonchev–Trinajstić information content (AvgIpc) is 2.55. The molecule has 2 N–H and O–H groups in total. The maximum absolute atomic E-state index is 9.33. The second-order valence-electron chi connectivity index (χ2n) is 4.97. The predicted octanol–water partition coefficient (Wildman–Crippen LogP) is 2.24. The van der Waals surface area contributed by atoms with E-state index in [2.05, 4.69) is 5.32 Å². The third-order valence-electron chi connectivity index (χ3n) is 3.57. The lowest BCUT2D eigenvalue weighted by molar-refractivity contribution is 0.169. The first kappa shape index (κ1) is 13.9. The number of hydrogen-bond donors (Lipinski definition) is 2. The minimum atomic E-state index is 0.0650. The number of hydrogen-bond acceptors (Lipinski definition) is 4. The molecular formula is C17H19NO3. The van der Waals surface area contributed by atoms with Crippen LogP contribution in [0, 0.1) is 0 Å². The summed E-state index contributed by atoms with van der Waals surface area (Å²) in [7, 11) is 0. The van der Waals surface area contributed by atoms with Gasteiger partial charge in [0, 0.05) is 18.7 Å². The summed E-state index contributed by atoms with van der Waals surface area (Å²) in [4.78, 5) is 0. The van der Waals surface area contributed by atoms with Gasteiger partial charge in [-0.15, -0.1) is 0 Å². The van der Waals surface area contributed by atoms with Crippen molar-refractivity contribution in [2.75, 3.05) is 13.2 Å². The minimum Gasteiger partial charge on any atom is -0.486 e. The molecule has 0 aromatic heterocycles. The fourth-order valence-corrected chi connectivity index (χ4v) is 2.49. The first-order chi connectivity index (χ1) is 10.4. The van der Waals surface area contributed by atoms with Crippen LogP contribution in [0.15, 0.2) is 42.5 Å². The average molecular weight is 285 g/mol. The van der Waals surface area contributed by atoms with Crippen molar-refractivity contribution in [3.05, 3.63) is 59.2 Å². The number of benzene rings is 2. The van der Waals surface area contributed by atoms with Gasteiger partial charge >= 0.3 is 0 Å². The van der Waals surface area contributed by atoms with Crippen molar-refractivity contribution in [3.8, 4) is 11.5 Å². The molecule has 2 aromatic carbocycles. The van der Waals surface area contributed by atoms with Crippen molar-refractivity contribution in [3.63, 3.8) is 0 Å². The number of fused-ring (bicyclic) bond motifs is 1. The maximum Gasteiger partial charge on any atom is 0.165 e. The summed E-state index contributed by atoms with van der Waals surface area (Å²) in [5.74, 6) is 1.66. The van der Waals surface area contributed by atoms with Crippen LogP contribution in [-0.2, 0) is 19.7 Å². The van der Waals surface area contributed by atoms with E-state index in [1.165, 1.54) is 0 Å². The quantitative estimate of drug-likeness (QED) is 0.884. The zero-order valence-corrected chi connectivity index (χ0v) is 11.8. The first-order valence-electron chi connectivity index (χ1n) is 7.14. The van der Waals surface area contributed by atoms with E-state index in [0.29, 0.717) is 26.3 Å². The van der Waals surface area contributed by atoms with E-state index < -0.39 is 0 Å². The third kappa shape index (κ3) is 3.17. The first-order valence-corrected chi connectivity index (χ1v) is 7.14. The van der Waals surface area contributed by atoms with E-state index in [0.717, 1.165) is 28.2 Å². The Labute approximate surface area is 124 Å². The van der Waals surface area contributed by atoms with Gasteiger partial charge in [0.2, 0.25) is 0 Å². The van der Waals surface area contributed by atoms with Crippen LogP contribution in [0.4, 0.5) is 0 Å². The molecule has 1 heterocycles. The van der Waals surface area contributed by atoms with Crippen molar-refractivity contribution < 1.29 is 14.6 Å². The smallest absolute Gasteiger partial charge is 0.165 e. The molecule has 4 nitrogen and oxygen atoms in total. The SMILES string of the molecule is OCc1ccccc1CNCc1cccc2c1OCCO2. The standard InChI is InChI=1S/C17H19NO3/c19-12-15-5-2-1-4-13(15)10-18-11-14-6-3-7-16-17(14)21-9-8-20-16/h1-7,18-19H,8-12H2. The normalized spacial score (nSPS) is 13.2. The summed E-state index contributed by atoms with van der Waals surface area (Å²) < 4.78 is 11.3. The lowest BCUT2D eigenvalue weighted by atomic mass is 10.1. The van der Waals surface area contributed by atoms with Gasteiger partial charge in [0.05, 0.1) is 6.61 Å². The Morgan fingerprint density at radius 2 is 1.57 bits per heavy atom. The van der Waals surface area contributed by atoms with Crippen molar-refractivity contribution >= 4 is 0 Å². The van der Waals surface area contributed by atoms with Crippen molar-refractivity contribution in [1.82, 2.24) is 5.32 Å². The number of aliphatic hydroxyl groups excluding tert-OH is 1. The molecule has 0 bridgehead atoms. The lowest BCUT2D eigenvalue weighted by Gasteiger charge is -2.21. The number of para-hydroxylation sites is 1. The molecule has 0 spiro atoms. The van der Waals surface area contributed by atoms with Gasteiger partial charge in [-0.1, -0.05) is 36.4 Å². The van der Waals surface area contributed by atoms with Crippen LogP contribution in [0.1, 0.15) is 16.7 Å². The molecule has 0 saturated heterocycles. The fraction of sp³-hybridized carbons (Fsp3) is 0.294.